The number of nitro groups is 1. The zero-order valence-corrected chi connectivity index (χ0v) is 11.4. The van der Waals surface area contributed by atoms with Crippen molar-refractivity contribution in [3.8, 4) is 5.75 Å². The van der Waals surface area contributed by atoms with Gasteiger partial charge in [-0.3, -0.25) is 14.9 Å². The van der Waals surface area contributed by atoms with Crippen LogP contribution in [0, 0.1) is 10.1 Å². The molecule has 0 spiro atoms. The van der Waals surface area contributed by atoms with Gasteiger partial charge in [0.2, 0.25) is 0 Å². The molecule has 2 aromatic rings. The number of allylic oxidation sites excluding steroid dienone is 1. The lowest BCUT2D eigenvalue weighted by atomic mass is 10.1. The molecule has 0 saturated carbocycles. The van der Waals surface area contributed by atoms with Crippen molar-refractivity contribution in [2.24, 2.45) is 0 Å². The van der Waals surface area contributed by atoms with Gasteiger partial charge in [0, 0.05) is 28.3 Å². The normalized spacial score (nSPS) is 10.7. The Morgan fingerprint density at radius 2 is 1.86 bits per heavy atom. The van der Waals surface area contributed by atoms with E-state index in [1.807, 2.05) is 0 Å². The van der Waals surface area contributed by atoms with Crippen LogP contribution in [-0.2, 0) is 0 Å². The van der Waals surface area contributed by atoms with Crippen LogP contribution < -0.4 is 0 Å². The van der Waals surface area contributed by atoms with Gasteiger partial charge in [-0.15, -0.1) is 0 Å². The van der Waals surface area contributed by atoms with E-state index in [0.717, 1.165) is 0 Å². The van der Waals surface area contributed by atoms with Crippen molar-refractivity contribution in [2.45, 2.75) is 0 Å². The molecule has 5 nitrogen and oxygen atoms in total. The maximum atomic E-state index is 11.9. The van der Waals surface area contributed by atoms with Crippen LogP contribution in [0.15, 0.2) is 48.5 Å². The summed E-state index contributed by atoms with van der Waals surface area (Å²) in [5.74, 6) is -0.432. The number of non-ortho nitro benzene ring substituents is 1. The molecule has 0 aliphatic heterocycles. The average molecular weight is 304 g/mol. The van der Waals surface area contributed by atoms with E-state index >= 15 is 0 Å². The number of carbonyl (C=O) groups excluding carboxylic acids is 1. The minimum atomic E-state index is -0.572. The number of nitrogens with zero attached hydrogens (tertiary/aromatic N) is 1. The molecule has 0 aromatic heterocycles. The van der Waals surface area contributed by atoms with Crippen LogP contribution in [0.4, 0.5) is 5.69 Å². The van der Waals surface area contributed by atoms with Gasteiger partial charge in [0.25, 0.3) is 5.69 Å². The van der Waals surface area contributed by atoms with E-state index in [-0.39, 0.29) is 22.8 Å². The summed E-state index contributed by atoms with van der Waals surface area (Å²) in [6.07, 6.45) is 2.57. The Balaban J connectivity index is 2.24. The first-order chi connectivity index (χ1) is 9.97. The summed E-state index contributed by atoms with van der Waals surface area (Å²) < 4.78 is 0. The smallest absolute Gasteiger partial charge is 0.270 e. The van der Waals surface area contributed by atoms with E-state index < -0.39 is 4.92 Å². The van der Waals surface area contributed by atoms with Crippen molar-refractivity contribution in [2.75, 3.05) is 0 Å². The number of ketones is 1. The number of hydrogen-bond acceptors (Lipinski definition) is 4. The van der Waals surface area contributed by atoms with Crippen molar-refractivity contribution < 1.29 is 14.8 Å². The number of carbonyl (C=O) groups is 1. The van der Waals surface area contributed by atoms with Gasteiger partial charge in [-0.1, -0.05) is 11.6 Å². The Kier molecular flexibility index (Phi) is 4.35. The van der Waals surface area contributed by atoms with E-state index in [4.69, 9.17) is 11.6 Å². The van der Waals surface area contributed by atoms with Crippen molar-refractivity contribution >= 4 is 29.1 Å². The van der Waals surface area contributed by atoms with Gasteiger partial charge in [0.1, 0.15) is 5.75 Å². The molecule has 0 heterocycles. The third kappa shape index (κ3) is 3.67. The van der Waals surface area contributed by atoms with E-state index in [9.17, 15) is 20.0 Å². The molecular weight excluding hydrogens is 294 g/mol. The van der Waals surface area contributed by atoms with Crippen LogP contribution in [0.2, 0.25) is 5.02 Å². The summed E-state index contributed by atoms with van der Waals surface area (Å²) in [6, 6.07) is 9.92. The largest absolute Gasteiger partial charge is 0.507 e. The number of phenols is 1. The maximum Gasteiger partial charge on any atom is 0.270 e. The minimum Gasteiger partial charge on any atom is -0.507 e. The van der Waals surface area contributed by atoms with Crippen molar-refractivity contribution in [3.63, 3.8) is 0 Å². The van der Waals surface area contributed by atoms with E-state index in [1.54, 1.807) is 24.3 Å². The Labute approximate surface area is 125 Å². The van der Waals surface area contributed by atoms with Crippen LogP contribution in [-0.4, -0.2) is 15.8 Å². The van der Waals surface area contributed by atoms with Gasteiger partial charge in [0.05, 0.1) is 4.92 Å². The first kappa shape index (κ1) is 14.7. The van der Waals surface area contributed by atoms with Crippen LogP contribution >= 0.6 is 11.6 Å². The molecule has 6 heteroatoms. The Morgan fingerprint density at radius 1 is 1.19 bits per heavy atom. The van der Waals surface area contributed by atoms with Gasteiger partial charge >= 0.3 is 0 Å². The fourth-order valence-corrected chi connectivity index (χ4v) is 1.79. The van der Waals surface area contributed by atoms with E-state index in [1.165, 1.54) is 30.4 Å². The summed E-state index contributed by atoms with van der Waals surface area (Å²) >= 11 is 5.73. The number of nitro benzene ring substituents is 1. The summed E-state index contributed by atoms with van der Waals surface area (Å²) in [7, 11) is 0. The highest BCUT2D eigenvalue weighted by Crippen LogP contribution is 2.24. The zero-order chi connectivity index (χ0) is 15.4. The molecule has 0 radical (unpaired) electrons. The van der Waals surface area contributed by atoms with Crippen LogP contribution in [0.1, 0.15) is 15.9 Å². The summed E-state index contributed by atoms with van der Waals surface area (Å²) in [4.78, 5) is 22.0. The fraction of sp³-hybridized carbons (Fsp3) is 0. The predicted octanol–water partition coefficient (Wildman–Crippen LogP) is 3.85. The van der Waals surface area contributed by atoms with Crippen molar-refractivity contribution in [1.82, 2.24) is 0 Å². The van der Waals surface area contributed by atoms with Gasteiger partial charge in [-0.2, -0.15) is 0 Å². The van der Waals surface area contributed by atoms with Crippen molar-refractivity contribution in [1.29, 1.82) is 0 Å². The van der Waals surface area contributed by atoms with E-state index in [0.29, 0.717) is 10.6 Å². The standard InChI is InChI=1S/C15H10ClNO4/c16-12-4-1-10(2-5-12)14(18)7-3-11-9-13(17(20)21)6-8-15(11)19/h1-9,19H/b7-3+. The molecule has 0 aliphatic carbocycles. The monoisotopic (exact) mass is 303 g/mol. The molecule has 0 saturated heterocycles. The maximum absolute atomic E-state index is 11.9. The second-order valence-electron chi connectivity index (χ2n) is 4.20. The SMILES string of the molecule is O=C(/C=C/c1cc([N+](=O)[O-])ccc1O)c1ccc(Cl)cc1. The number of aromatic hydroxyl groups is 1. The fourth-order valence-electron chi connectivity index (χ4n) is 1.66. The molecule has 106 valence electrons. The quantitative estimate of drug-likeness (QED) is 0.402. The topological polar surface area (TPSA) is 80.4 Å². The number of phenolic OH excluding ortho intramolecular Hbond substituents is 1. The lowest BCUT2D eigenvalue weighted by molar-refractivity contribution is -0.384. The van der Waals surface area contributed by atoms with Gasteiger partial charge < -0.3 is 5.11 Å². The molecule has 0 unspecified atom stereocenters. The summed E-state index contributed by atoms with van der Waals surface area (Å²) in [6.45, 7) is 0. The summed E-state index contributed by atoms with van der Waals surface area (Å²) in [5, 5.41) is 20.8. The van der Waals surface area contributed by atoms with Gasteiger partial charge in [0.15, 0.2) is 5.78 Å². The third-order valence-corrected chi connectivity index (χ3v) is 3.02. The highest BCUT2D eigenvalue weighted by atomic mass is 35.5. The molecular formula is C15H10ClNO4. The average Bonchev–Trinajstić information content (AvgIpc) is 2.46. The second kappa shape index (κ2) is 6.19. The molecule has 21 heavy (non-hydrogen) atoms. The van der Waals surface area contributed by atoms with Crippen molar-refractivity contribution in [3.05, 3.63) is 74.8 Å². The third-order valence-electron chi connectivity index (χ3n) is 2.76. The first-order valence-electron chi connectivity index (χ1n) is 5.93. The predicted molar refractivity (Wildman–Crippen MR) is 79.6 cm³/mol. The molecule has 2 aromatic carbocycles. The lowest BCUT2D eigenvalue weighted by Crippen LogP contribution is -1.93. The lowest BCUT2D eigenvalue weighted by Gasteiger charge is -1.99. The molecule has 0 aliphatic rings. The Bertz CT molecular complexity index is 723. The Hall–Kier alpha value is -2.66. The highest BCUT2D eigenvalue weighted by molar-refractivity contribution is 6.30. The summed E-state index contributed by atoms with van der Waals surface area (Å²) in [5.41, 5.74) is 0.471. The molecule has 0 amide bonds. The molecule has 0 bridgehead atoms. The Morgan fingerprint density at radius 3 is 2.48 bits per heavy atom. The van der Waals surface area contributed by atoms with Gasteiger partial charge in [-0.05, 0) is 42.5 Å². The molecule has 2 rings (SSSR count). The zero-order valence-electron chi connectivity index (χ0n) is 10.7. The van der Waals surface area contributed by atoms with Gasteiger partial charge in [-0.25, -0.2) is 0 Å². The minimum absolute atomic E-state index is 0.138. The molecule has 1 N–H and O–H groups in total. The van der Waals surface area contributed by atoms with E-state index in [2.05, 4.69) is 0 Å². The number of rotatable bonds is 4. The molecule has 0 atom stereocenters. The van der Waals surface area contributed by atoms with Crippen LogP contribution in [0.3, 0.4) is 0 Å². The molecule has 0 fully saturated rings. The number of hydrogen-bond donors (Lipinski definition) is 1. The second-order valence-corrected chi connectivity index (χ2v) is 4.64. The first-order valence-corrected chi connectivity index (χ1v) is 6.30. The highest BCUT2D eigenvalue weighted by Gasteiger charge is 2.09. The number of halogens is 1. The number of benzene rings is 2. The van der Waals surface area contributed by atoms with Crippen LogP contribution in [0.25, 0.3) is 6.08 Å². The van der Waals surface area contributed by atoms with Crippen LogP contribution in [0.5, 0.6) is 5.75 Å².